The molecule has 3 atom stereocenters. The number of nitrogens with one attached hydrogen (secondary N) is 1. The van der Waals surface area contributed by atoms with E-state index in [1.165, 1.54) is 0 Å². The molecule has 8 nitrogen and oxygen atoms in total. The van der Waals surface area contributed by atoms with E-state index in [1.54, 1.807) is 24.3 Å². The Kier molecular flexibility index (Phi) is 9.08. The lowest BCUT2D eigenvalue weighted by Crippen LogP contribution is -2.46. The minimum atomic E-state index is -0.726. The summed E-state index contributed by atoms with van der Waals surface area (Å²) in [6.07, 6.45) is 2.05. The molecule has 9 heteroatoms. The maximum Gasteiger partial charge on any atom is 0.290 e. The molecule has 0 radical (unpaired) electrons. The smallest absolute Gasteiger partial charge is 0.290 e. The predicted molar refractivity (Wildman–Crippen MR) is 113 cm³/mol. The van der Waals surface area contributed by atoms with E-state index in [0.29, 0.717) is 23.4 Å². The van der Waals surface area contributed by atoms with Gasteiger partial charge in [0.25, 0.3) is 12.4 Å². The van der Waals surface area contributed by atoms with Crippen LogP contribution in [0.1, 0.15) is 36.0 Å². The first kappa shape index (κ1) is 24.1. The van der Waals surface area contributed by atoms with Crippen molar-refractivity contribution in [2.24, 2.45) is 5.92 Å². The fourth-order valence-corrected chi connectivity index (χ4v) is 4.34. The first-order valence-electron chi connectivity index (χ1n) is 10.0. The fraction of sp³-hybridized carbons (Fsp3) is 0.571. The third-order valence-electron chi connectivity index (χ3n) is 5.90. The number of carbonyl (C=O) groups is 3. The van der Waals surface area contributed by atoms with Crippen LogP contribution in [0.25, 0.3) is 0 Å². The zero-order valence-corrected chi connectivity index (χ0v) is 18.1. The van der Waals surface area contributed by atoms with Crippen LogP contribution in [0.4, 0.5) is 0 Å². The number of likely N-dealkylation sites (tertiary alicyclic amines) is 1. The molecule has 2 fully saturated rings. The third-order valence-corrected chi connectivity index (χ3v) is 6.23. The van der Waals surface area contributed by atoms with E-state index >= 15 is 0 Å². The summed E-state index contributed by atoms with van der Waals surface area (Å²) in [6, 6.07) is 6.63. The number of benzene rings is 1. The molecule has 1 aromatic carbocycles. The van der Waals surface area contributed by atoms with Gasteiger partial charge in [0.05, 0.1) is 22.7 Å². The predicted octanol–water partition coefficient (Wildman–Crippen LogP) is 1.46. The Bertz CT molecular complexity index is 739. The number of aliphatic hydroxyl groups is 1. The first-order chi connectivity index (χ1) is 14.3. The monoisotopic (exact) mass is 439 g/mol. The van der Waals surface area contributed by atoms with Gasteiger partial charge in [-0.25, -0.2) is 0 Å². The van der Waals surface area contributed by atoms with Crippen LogP contribution < -0.4 is 5.32 Å². The zero-order valence-electron chi connectivity index (χ0n) is 17.3. The van der Waals surface area contributed by atoms with Crippen molar-refractivity contribution in [3.8, 4) is 0 Å². The van der Waals surface area contributed by atoms with Crippen LogP contribution in [0.5, 0.6) is 0 Å². The van der Waals surface area contributed by atoms with Gasteiger partial charge in [0, 0.05) is 19.0 Å². The highest BCUT2D eigenvalue weighted by Crippen LogP contribution is 2.30. The molecule has 30 heavy (non-hydrogen) atoms. The molecule has 166 valence electrons. The lowest BCUT2D eigenvalue weighted by Gasteiger charge is -2.36. The normalized spacial score (nSPS) is 24.5. The Morgan fingerprint density at radius 2 is 1.83 bits per heavy atom. The Hall–Kier alpha value is -2.16. The van der Waals surface area contributed by atoms with Crippen molar-refractivity contribution in [1.29, 1.82) is 0 Å². The number of nitrogens with zero attached hydrogens (tertiary/aromatic N) is 2. The van der Waals surface area contributed by atoms with Crippen LogP contribution >= 0.6 is 11.6 Å². The molecule has 0 bridgehead atoms. The van der Waals surface area contributed by atoms with Crippen molar-refractivity contribution in [2.75, 3.05) is 27.2 Å². The molecule has 2 aliphatic rings. The number of hydrogen-bond donors (Lipinski definition) is 3. The number of aliphatic hydroxyl groups excluding tert-OH is 1. The lowest BCUT2D eigenvalue weighted by atomic mass is 10.0. The van der Waals surface area contributed by atoms with E-state index in [2.05, 4.69) is 17.3 Å². The van der Waals surface area contributed by atoms with Crippen molar-refractivity contribution in [3.05, 3.63) is 34.9 Å². The Morgan fingerprint density at radius 1 is 1.23 bits per heavy atom. The Labute approximate surface area is 181 Å². The summed E-state index contributed by atoms with van der Waals surface area (Å²) in [6.45, 7) is 1.73. The lowest BCUT2D eigenvalue weighted by molar-refractivity contribution is -0.137. The van der Waals surface area contributed by atoms with Crippen LogP contribution in [-0.2, 0) is 9.59 Å². The molecular weight excluding hydrogens is 410 g/mol. The molecule has 0 spiro atoms. The summed E-state index contributed by atoms with van der Waals surface area (Å²) in [4.78, 5) is 37.8. The second kappa shape index (κ2) is 11.3. The van der Waals surface area contributed by atoms with E-state index in [0.717, 1.165) is 25.9 Å². The average Bonchev–Trinajstić information content (AvgIpc) is 3.08. The van der Waals surface area contributed by atoms with Gasteiger partial charge in [-0.15, -0.1) is 0 Å². The van der Waals surface area contributed by atoms with Gasteiger partial charge >= 0.3 is 0 Å². The fourth-order valence-electron chi connectivity index (χ4n) is 4.11. The summed E-state index contributed by atoms with van der Waals surface area (Å²) in [5.74, 6) is -0.513. The van der Waals surface area contributed by atoms with Gasteiger partial charge in [0.1, 0.15) is 0 Å². The number of halogens is 1. The van der Waals surface area contributed by atoms with Gasteiger partial charge in [0.2, 0.25) is 5.91 Å². The van der Waals surface area contributed by atoms with Gasteiger partial charge < -0.3 is 25.3 Å². The molecule has 3 N–H and O–H groups in total. The highest BCUT2D eigenvalue weighted by Gasteiger charge is 2.40. The number of piperidine rings is 1. The molecule has 0 unspecified atom stereocenters. The van der Waals surface area contributed by atoms with Crippen LogP contribution in [0.2, 0.25) is 5.02 Å². The van der Waals surface area contributed by atoms with E-state index in [-0.39, 0.29) is 30.2 Å². The SMILES string of the molecule is CN1CCC(N(C)C(=O)[C@H]2C[C@H](NC(=O)c3ccccc3Cl)[C@@H](O)C2)CC1.O=CO. The van der Waals surface area contributed by atoms with Crippen molar-refractivity contribution in [3.63, 3.8) is 0 Å². The van der Waals surface area contributed by atoms with Crippen molar-refractivity contribution >= 4 is 29.9 Å². The van der Waals surface area contributed by atoms with Crippen molar-refractivity contribution < 1.29 is 24.6 Å². The van der Waals surface area contributed by atoms with E-state index in [1.807, 2.05) is 11.9 Å². The molecule has 2 amide bonds. The van der Waals surface area contributed by atoms with Crippen molar-refractivity contribution in [2.45, 2.75) is 43.9 Å². The quantitative estimate of drug-likeness (QED) is 0.613. The number of amides is 2. The summed E-state index contributed by atoms with van der Waals surface area (Å²) in [5, 5.41) is 20.5. The first-order valence-corrected chi connectivity index (χ1v) is 10.4. The number of carbonyl (C=O) groups excluding carboxylic acids is 2. The summed E-state index contributed by atoms with van der Waals surface area (Å²) in [7, 11) is 3.96. The van der Waals surface area contributed by atoms with Crippen LogP contribution in [0.3, 0.4) is 0 Å². The topological polar surface area (TPSA) is 110 Å². The Balaban J connectivity index is 0.00000101. The highest BCUT2D eigenvalue weighted by molar-refractivity contribution is 6.33. The molecule has 1 aliphatic carbocycles. The van der Waals surface area contributed by atoms with Gasteiger partial charge in [-0.2, -0.15) is 0 Å². The molecule has 1 aliphatic heterocycles. The molecular formula is C21H30ClN3O5. The maximum atomic E-state index is 12.9. The van der Waals surface area contributed by atoms with Crippen LogP contribution in [-0.4, -0.2) is 83.7 Å². The molecule has 3 rings (SSSR count). The average molecular weight is 440 g/mol. The Morgan fingerprint density at radius 3 is 2.43 bits per heavy atom. The van der Waals surface area contributed by atoms with E-state index < -0.39 is 12.1 Å². The van der Waals surface area contributed by atoms with Crippen LogP contribution in [0.15, 0.2) is 24.3 Å². The molecule has 1 saturated heterocycles. The van der Waals surface area contributed by atoms with E-state index in [4.69, 9.17) is 21.5 Å². The van der Waals surface area contributed by atoms with Crippen LogP contribution in [0, 0.1) is 5.92 Å². The minimum absolute atomic E-state index is 0.0677. The van der Waals surface area contributed by atoms with Gasteiger partial charge in [-0.1, -0.05) is 23.7 Å². The van der Waals surface area contributed by atoms with Crippen molar-refractivity contribution in [1.82, 2.24) is 15.1 Å². The summed E-state index contributed by atoms with van der Waals surface area (Å²) < 4.78 is 0. The maximum absolute atomic E-state index is 12.9. The number of rotatable bonds is 4. The van der Waals surface area contributed by atoms with Gasteiger partial charge in [0.15, 0.2) is 0 Å². The number of hydrogen-bond acceptors (Lipinski definition) is 5. The zero-order chi connectivity index (χ0) is 22.3. The molecule has 1 saturated carbocycles. The molecule has 1 aromatic rings. The second-order valence-electron chi connectivity index (χ2n) is 7.88. The molecule has 0 aromatic heterocycles. The third kappa shape index (κ3) is 6.17. The summed E-state index contributed by atoms with van der Waals surface area (Å²) in [5.41, 5.74) is 0.379. The highest BCUT2D eigenvalue weighted by atomic mass is 35.5. The van der Waals surface area contributed by atoms with E-state index in [9.17, 15) is 14.7 Å². The van der Waals surface area contributed by atoms with Gasteiger partial charge in [-0.3, -0.25) is 14.4 Å². The summed E-state index contributed by atoms with van der Waals surface area (Å²) >= 11 is 6.07. The van der Waals surface area contributed by atoms with Gasteiger partial charge in [-0.05, 0) is 58.0 Å². The second-order valence-corrected chi connectivity index (χ2v) is 8.29. The largest absolute Gasteiger partial charge is 0.483 e. The minimum Gasteiger partial charge on any atom is -0.483 e. The standard InChI is InChI=1S/C20H28ClN3O3.CH2O2/c1-23-9-7-14(8-10-23)24(2)20(27)13-11-17(18(25)12-13)22-19(26)15-5-3-4-6-16(15)21;2-1-3/h3-6,13-14,17-18,25H,7-12H2,1-2H3,(H,22,26);1H,(H,2,3)/t13-,17-,18-;/m0./s1. The molecule has 1 heterocycles. The number of carboxylic acid groups (broad SMARTS) is 1.